The van der Waals surface area contributed by atoms with E-state index in [0.717, 1.165) is 17.7 Å². The molecule has 0 saturated carbocycles. The highest BCUT2D eigenvalue weighted by Crippen LogP contribution is 2.18. The highest BCUT2D eigenvalue weighted by atomic mass is 16.5. The number of ether oxygens (including phenoxy) is 2. The predicted molar refractivity (Wildman–Crippen MR) is 73.3 cm³/mol. The minimum absolute atomic E-state index is 0.0288. The van der Waals surface area contributed by atoms with E-state index < -0.39 is 0 Å². The Morgan fingerprint density at radius 3 is 3.00 bits per heavy atom. The summed E-state index contributed by atoms with van der Waals surface area (Å²) in [6.07, 6.45) is 1.01. The molecule has 1 aromatic carbocycles. The first-order chi connectivity index (χ1) is 9.20. The predicted octanol–water partition coefficient (Wildman–Crippen LogP) is 1.88. The van der Waals surface area contributed by atoms with Crippen LogP contribution in [0.4, 0.5) is 0 Å². The second-order valence-electron chi connectivity index (χ2n) is 4.77. The Labute approximate surface area is 114 Å². The van der Waals surface area contributed by atoms with E-state index in [4.69, 9.17) is 9.47 Å². The lowest BCUT2D eigenvalue weighted by molar-refractivity contribution is -0.140. The maximum Gasteiger partial charge on any atom is 0.260 e. The summed E-state index contributed by atoms with van der Waals surface area (Å²) in [7, 11) is 0. The van der Waals surface area contributed by atoms with Crippen LogP contribution in [0.3, 0.4) is 0 Å². The maximum atomic E-state index is 12.1. The van der Waals surface area contributed by atoms with Gasteiger partial charge in [0.05, 0.1) is 12.7 Å². The summed E-state index contributed by atoms with van der Waals surface area (Å²) in [6, 6.07) is 7.84. The molecule has 1 aliphatic rings. The van der Waals surface area contributed by atoms with Crippen LogP contribution in [0, 0.1) is 0 Å². The van der Waals surface area contributed by atoms with Crippen molar-refractivity contribution in [2.24, 2.45) is 0 Å². The zero-order valence-electron chi connectivity index (χ0n) is 11.6. The van der Waals surface area contributed by atoms with Gasteiger partial charge in [-0.15, -0.1) is 0 Å². The summed E-state index contributed by atoms with van der Waals surface area (Å²) >= 11 is 0. The number of nitrogens with zero attached hydrogens (tertiary/aromatic N) is 1. The molecule has 1 saturated heterocycles. The summed E-state index contributed by atoms with van der Waals surface area (Å²) in [5.41, 5.74) is 1.13. The summed E-state index contributed by atoms with van der Waals surface area (Å²) < 4.78 is 11.1. The number of para-hydroxylation sites is 1. The molecule has 0 aromatic heterocycles. The SMILES string of the molecule is CCc1ccccc1OCC(=O)N1CCOC(C)C1. The quantitative estimate of drug-likeness (QED) is 0.832. The van der Waals surface area contributed by atoms with Gasteiger partial charge in [0.15, 0.2) is 6.61 Å². The Hall–Kier alpha value is -1.55. The molecule has 1 heterocycles. The van der Waals surface area contributed by atoms with Crippen molar-refractivity contribution in [1.29, 1.82) is 0 Å². The summed E-state index contributed by atoms with van der Waals surface area (Å²) in [4.78, 5) is 13.9. The van der Waals surface area contributed by atoms with E-state index >= 15 is 0 Å². The van der Waals surface area contributed by atoms with Crippen molar-refractivity contribution in [3.63, 3.8) is 0 Å². The molecule has 104 valence electrons. The van der Waals surface area contributed by atoms with Crippen LogP contribution in [0.5, 0.6) is 5.75 Å². The zero-order chi connectivity index (χ0) is 13.7. The van der Waals surface area contributed by atoms with Gasteiger partial charge in [0.25, 0.3) is 5.91 Å². The highest BCUT2D eigenvalue weighted by Gasteiger charge is 2.21. The number of amides is 1. The molecule has 19 heavy (non-hydrogen) atoms. The van der Waals surface area contributed by atoms with Crippen LogP contribution in [-0.2, 0) is 16.0 Å². The van der Waals surface area contributed by atoms with Gasteiger partial charge in [-0.25, -0.2) is 0 Å². The number of hydrogen-bond donors (Lipinski definition) is 0. The third kappa shape index (κ3) is 3.70. The summed E-state index contributed by atoms with van der Waals surface area (Å²) in [5.74, 6) is 0.834. The molecule has 4 nitrogen and oxygen atoms in total. The first-order valence-electron chi connectivity index (χ1n) is 6.80. The van der Waals surface area contributed by atoms with Crippen molar-refractivity contribution in [2.75, 3.05) is 26.3 Å². The number of rotatable bonds is 4. The largest absolute Gasteiger partial charge is 0.483 e. The topological polar surface area (TPSA) is 38.8 Å². The molecule has 0 radical (unpaired) electrons. The summed E-state index contributed by atoms with van der Waals surface area (Å²) in [6.45, 7) is 6.07. The number of carbonyl (C=O) groups is 1. The van der Waals surface area contributed by atoms with Crippen LogP contribution in [0.2, 0.25) is 0 Å². The number of aryl methyl sites for hydroxylation is 1. The number of carbonyl (C=O) groups excluding carboxylic acids is 1. The van der Waals surface area contributed by atoms with Gasteiger partial charge in [-0.05, 0) is 25.0 Å². The van der Waals surface area contributed by atoms with Gasteiger partial charge in [-0.3, -0.25) is 4.79 Å². The lowest BCUT2D eigenvalue weighted by Crippen LogP contribution is -2.46. The van der Waals surface area contributed by atoms with Crippen molar-refractivity contribution < 1.29 is 14.3 Å². The van der Waals surface area contributed by atoms with Gasteiger partial charge < -0.3 is 14.4 Å². The van der Waals surface area contributed by atoms with E-state index in [-0.39, 0.29) is 18.6 Å². The van der Waals surface area contributed by atoms with E-state index in [1.165, 1.54) is 0 Å². The third-order valence-corrected chi connectivity index (χ3v) is 3.30. The fraction of sp³-hybridized carbons (Fsp3) is 0.533. The van der Waals surface area contributed by atoms with Crippen LogP contribution >= 0.6 is 0 Å². The standard InChI is InChI=1S/C15H21NO3/c1-3-13-6-4-5-7-14(13)19-11-15(17)16-8-9-18-12(2)10-16/h4-7,12H,3,8-11H2,1-2H3. The van der Waals surface area contributed by atoms with Gasteiger partial charge >= 0.3 is 0 Å². The van der Waals surface area contributed by atoms with Crippen LogP contribution in [0.25, 0.3) is 0 Å². The molecule has 0 spiro atoms. The number of hydrogen-bond acceptors (Lipinski definition) is 3. The molecule has 1 unspecified atom stereocenters. The molecule has 1 aromatic rings. The third-order valence-electron chi connectivity index (χ3n) is 3.30. The second-order valence-corrected chi connectivity index (χ2v) is 4.77. The average Bonchev–Trinajstić information content (AvgIpc) is 2.45. The van der Waals surface area contributed by atoms with Gasteiger partial charge in [0, 0.05) is 13.1 Å². The highest BCUT2D eigenvalue weighted by molar-refractivity contribution is 5.78. The molecule has 1 amide bonds. The molecule has 1 fully saturated rings. The Bertz CT molecular complexity index is 433. The number of benzene rings is 1. The van der Waals surface area contributed by atoms with Gasteiger partial charge in [0.2, 0.25) is 0 Å². The van der Waals surface area contributed by atoms with Crippen molar-refractivity contribution in [1.82, 2.24) is 4.90 Å². The minimum Gasteiger partial charge on any atom is -0.483 e. The fourth-order valence-corrected chi connectivity index (χ4v) is 2.21. The Balaban J connectivity index is 1.89. The van der Waals surface area contributed by atoms with Gasteiger partial charge in [-0.1, -0.05) is 25.1 Å². The molecule has 0 bridgehead atoms. The first kappa shape index (κ1) is 13.9. The van der Waals surface area contributed by atoms with E-state index in [2.05, 4.69) is 6.92 Å². The van der Waals surface area contributed by atoms with Crippen molar-refractivity contribution in [3.8, 4) is 5.75 Å². The summed E-state index contributed by atoms with van der Waals surface area (Å²) in [5, 5.41) is 0. The van der Waals surface area contributed by atoms with Crippen molar-refractivity contribution >= 4 is 5.91 Å². The molecule has 0 N–H and O–H groups in total. The van der Waals surface area contributed by atoms with Crippen LogP contribution < -0.4 is 4.74 Å². The van der Waals surface area contributed by atoms with E-state index in [1.54, 1.807) is 0 Å². The Morgan fingerprint density at radius 2 is 2.26 bits per heavy atom. The molecule has 4 heteroatoms. The molecule has 1 aliphatic heterocycles. The average molecular weight is 263 g/mol. The lowest BCUT2D eigenvalue weighted by Gasteiger charge is -2.31. The molecular weight excluding hydrogens is 242 g/mol. The maximum absolute atomic E-state index is 12.1. The lowest BCUT2D eigenvalue weighted by atomic mass is 10.1. The fourth-order valence-electron chi connectivity index (χ4n) is 2.21. The second kappa shape index (κ2) is 6.57. The molecule has 2 rings (SSSR count). The Kier molecular flexibility index (Phi) is 4.80. The van der Waals surface area contributed by atoms with Crippen LogP contribution in [0.1, 0.15) is 19.4 Å². The van der Waals surface area contributed by atoms with Gasteiger partial charge in [-0.2, -0.15) is 0 Å². The Morgan fingerprint density at radius 1 is 1.47 bits per heavy atom. The van der Waals surface area contributed by atoms with E-state index in [0.29, 0.717) is 19.7 Å². The van der Waals surface area contributed by atoms with E-state index in [9.17, 15) is 4.79 Å². The van der Waals surface area contributed by atoms with Crippen molar-refractivity contribution in [3.05, 3.63) is 29.8 Å². The van der Waals surface area contributed by atoms with Gasteiger partial charge in [0.1, 0.15) is 5.75 Å². The molecule has 1 atom stereocenters. The zero-order valence-corrected chi connectivity index (χ0v) is 11.6. The minimum atomic E-state index is 0.0288. The van der Waals surface area contributed by atoms with E-state index in [1.807, 2.05) is 36.1 Å². The monoisotopic (exact) mass is 263 g/mol. The smallest absolute Gasteiger partial charge is 0.260 e. The van der Waals surface area contributed by atoms with Crippen LogP contribution in [-0.4, -0.2) is 43.2 Å². The molecular formula is C15H21NO3. The van der Waals surface area contributed by atoms with Crippen molar-refractivity contribution in [2.45, 2.75) is 26.4 Å². The normalized spacial score (nSPS) is 19.3. The number of morpholine rings is 1. The van der Waals surface area contributed by atoms with Crippen LogP contribution in [0.15, 0.2) is 24.3 Å². The molecule has 0 aliphatic carbocycles. The first-order valence-corrected chi connectivity index (χ1v) is 6.80.